The van der Waals surface area contributed by atoms with Gasteiger partial charge in [-0.15, -0.1) is 0 Å². The van der Waals surface area contributed by atoms with Gasteiger partial charge in [0.2, 0.25) is 11.8 Å². The number of rotatable bonds is 11. The van der Waals surface area contributed by atoms with E-state index in [2.05, 4.69) is 5.32 Å². The fraction of sp³-hybridized carbons (Fsp3) is 0.355. The molecule has 7 nitrogen and oxygen atoms in total. The van der Waals surface area contributed by atoms with Gasteiger partial charge >= 0.3 is 0 Å². The minimum Gasteiger partial charge on any atom is -0.352 e. The van der Waals surface area contributed by atoms with Crippen LogP contribution in [-0.2, 0) is 26.2 Å². The molecule has 0 radical (unpaired) electrons. The van der Waals surface area contributed by atoms with Crippen LogP contribution in [0.5, 0.6) is 0 Å². The van der Waals surface area contributed by atoms with Gasteiger partial charge in [-0.2, -0.15) is 0 Å². The van der Waals surface area contributed by atoms with Gasteiger partial charge in [0.1, 0.15) is 12.6 Å². The summed E-state index contributed by atoms with van der Waals surface area (Å²) in [4.78, 5) is 29.3. The standard InChI is InChI=1S/C31H34Cl3N3O4S/c1-3-28(31(39)35-23-10-7-8-11-23)36(19-22-16-17-26(33)27(34)18-22)30(38)20-37(29-15-9-14-25(32)21(29)2)42(40,41)24-12-5-4-6-13-24/h4-6,9,12-18,23,28H,3,7-8,10-11,19-20H2,1-2H3,(H,35,39). The lowest BCUT2D eigenvalue weighted by atomic mass is 10.1. The lowest BCUT2D eigenvalue weighted by molar-refractivity contribution is -0.140. The molecule has 1 N–H and O–H groups in total. The van der Waals surface area contributed by atoms with Gasteiger partial charge in [0.25, 0.3) is 10.0 Å². The van der Waals surface area contributed by atoms with Crippen LogP contribution in [0.25, 0.3) is 0 Å². The predicted octanol–water partition coefficient (Wildman–Crippen LogP) is 7.02. The second kappa shape index (κ2) is 14.1. The summed E-state index contributed by atoms with van der Waals surface area (Å²) in [5.41, 5.74) is 1.44. The van der Waals surface area contributed by atoms with Crippen LogP contribution in [0, 0.1) is 6.92 Å². The molecule has 3 aromatic carbocycles. The molecule has 0 aromatic heterocycles. The summed E-state index contributed by atoms with van der Waals surface area (Å²) in [7, 11) is -4.19. The molecule has 1 atom stereocenters. The van der Waals surface area contributed by atoms with Gasteiger partial charge in [-0.05, 0) is 73.7 Å². The van der Waals surface area contributed by atoms with E-state index in [0.29, 0.717) is 32.6 Å². The van der Waals surface area contributed by atoms with E-state index < -0.39 is 28.5 Å². The Morgan fingerprint density at radius 1 is 0.929 bits per heavy atom. The summed E-state index contributed by atoms with van der Waals surface area (Å²) in [5.74, 6) is -0.817. The Morgan fingerprint density at radius 2 is 1.62 bits per heavy atom. The maximum absolute atomic E-state index is 14.2. The number of amides is 2. The van der Waals surface area contributed by atoms with Crippen LogP contribution in [0.15, 0.2) is 71.6 Å². The second-order valence-electron chi connectivity index (χ2n) is 10.4. The van der Waals surface area contributed by atoms with Crippen molar-refractivity contribution in [2.75, 3.05) is 10.8 Å². The molecule has 0 bridgehead atoms. The first-order valence-electron chi connectivity index (χ1n) is 13.9. The molecule has 1 aliphatic carbocycles. The Kier molecular flexibility index (Phi) is 10.8. The molecule has 0 saturated heterocycles. The molecule has 0 aliphatic heterocycles. The SMILES string of the molecule is CCC(C(=O)NC1CCCC1)N(Cc1ccc(Cl)c(Cl)c1)C(=O)CN(c1cccc(Cl)c1C)S(=O)(=O)c1ccccc1. The number of sulfonamides is 1. The van der Waals surface area contributed by atoms with Gasteiger partial charge in [-0.1, -0.05) is 84.9 Å². The van der Waals surface area contributed by atoms with E-state index in [4.69, 9.17) is 34.8 Å². The predicted molar refractivity (Wildman–Crippen MR) is 169 cm³/mol. The number of carbonyl (C=O) groups is 2. The summed E-state index contributed by atoms with van der Waals surface area (Å²) in [6.07, 6.45) is 4.19. The third kappa shape index (κ3) is 7.40. The summed E-state index contributed by atoms with van der Waals surface area (Å²) >= 11 is 18.8. The maximum atomic E-state index is 14.2. The van der Waals surface area contributed by atoms with Crippen molar-refractivity contribution >= 4 is 62.3 Å². The molecule has 42 heavy (non-hydrogen) atoms. The molecule has 3 aromatic rings. The van der Waals surface area contributed by atoms with Crippen LogP contribution in [0.2, 0.25) is 15.1 Å². The fourth-order valence-electron chi connectivity index (χ4n) is 5.22. The van der Waals surface area contributed by atoms with Gasteiger partial charge in [0.15, 0.2) is 0 Å². The number of nitrogens with one attached hydrogen (secondary N) is 1. The number of benzene rings is 3. The van der Waals surface area contributed by atoms with Gasteiger partial charge in [0.05, 0.1) is 20.6 Å². The third-order valence-electron chi connectivity index (χ3n) is 7.54. The fourth-order valence-corrected chi connectivity index (χ4v) is 7.20. The van der Waals surface area contributed by atoms with E-state index in [1.165, 1.54) is 17.0 Å². The van der Waals surface area contributed by atoms with Gasteiger partial charge in [0, 0.05) is 17.6 Å². The molecule has 1 saturated carbocycles. The Morgan fingerprint density at radius 3 is 2.26 bits per heavy atom. The molecular formula is C31H34Cl3N3O4S. The first-order valence-corrected chi connectivity index (χ1v) is 16.5. The first kappa shape index (κ1) is 32.1. The van der Waals surface area contributed by atoms with E-state index in [1.54, 1.807) is 61.5 Å². The topological polar surface area (TPSA) is 86.8 Å². The van der Waals surface area contributed by atoms with Gasteiger partial charge < -0.3 is 10.2 Å². The largest absolute Gasteiger partial charge is 0.352 e. The lowest BCUT2D eigenvalue weighted by Gasteiger charge is -2.34. The van der Waals surface area contributed by atoms with Crippen LogP contribution < -0.4 is 9.62 Å². The van der Waals surface area contributed by atoms with Crippen molar-refractivity contribution in [1.82, 2.24) is 10.2 Å². The van der Waals surface area contributed by atoms with Gasteiger partial charge in [-0.3, -0.25) is 13.9 Å². The number of carbonyl (C=O) groups excluding carboxylic acids is 2. The quantitative estimate of drug-likeness (QED) is 0.242. The Labute approximate surface area is 262 Å². The highest BCUT2D eigenvalue weighted by Crippen LogP contribution is 2.32. The van der Waals surface area contributed by atoms with Crippen molar-refractivity contribution in [3.05, 3.63) is 92.9 Å². The Balaban J connectivity index is 1.75. The lowest BCUT2D eigenvalue weighted by Crippen LogP contribution is -2.53. The van der Waals surface area contributed by atoms with Crippen LogP contribution in [0.1, 0.15) is 50.2 Å². The zero-order chi connectivity index (χ0) is 30.4. The maximum Gasteiger partial charge on any atom is 0.264 e. The molecule has 4 rings (SSSR count). The summed E-state index contributed by atoms with van der Waals surface area (Å²) in [6.45, 7) is 3.01. The zero-order valence-electron chi connectivity index (χ0n) is 23.5. The van der Waals surface area contributed by atoms with E-state index >= 15 is 0 Å². The van der Waals surface area contributed by atoms with Crippen molar-refractivity contribution in [2.45, 2.75) is 69.5 Å². The highest BCUT2D eigenvalue weighted by Gasteiger charge is 2.35. The molecule has 0 spiro atoms. The Hall–Kier alpha value is -2.78. The second-order valence-corrected chi connectivity index (χ2v) is 13.5. The number of hydrogen-bond acceptors (Lipinski definition) is 4. The third-order valence-corrected chi connectivity index (χ3v) is 10.5. The molecular weight excluding hydrogens is 617 g/mol. The van der Waals surface area contributed by atoms with Crippen LogP contribution in [-0.4, -0.2) is 43.8 Å². The van der Waals surface area contributed by atoms with Crippen molar-refractivity contribution in [2.24, 2.45) is 0 Å². The number of anilines is 1. The smallest absolute Gasteiger partial charge is 0.264 e. The number of halogens is 3. The number of hydrogen-bond donors (Lipinski definition) is 1. The van der Waals surface area contributed by atoms with E-state index in [-0.39, 0.29) is 29.1 Å². The van der Waals surface area contributed by atoms with Crippen LogP contribution >= 0.6 is 34.8 Å². The van der Waals surface area contributed by atoms with Gasteiger partial charge in [-0.25, -0.2) is 8.42 Å². The minimum atomic E-state index is -4.19. The summed E-state index contributed by atoms with van der Waals surface area (Å²) in [5, 5.41) is 4.14. The van der Waals surface area contributed by atoms with E-state index in [0.717, 1.165) is 30.0 Å². The van der Waals surface area contributed by atoms with Crippen molar-refractivity contribution in [1.29, 1.82) is 0 Å². The summed E-state index contributed by atoms with van der Waals surface area (Å²) in [6, 6.07) is 17.0. The average molecular weight is 651 g/mol. The molecule has 0 heterocycles. The van der Waals surface area contributed by atoms with Crippen LogP contribution in [0.3, 0.4) is 0 Å². The average Bonchev–Trinajstić information content (AvgIpc) is 3.48. The summed E-state index contributed by atoms with van der Waals surface area (Å²) < 4.78 is 29.1. The molecule has 224 valence electrons. The van der Waals surface area contributed by atoms with Crippen molar-refractivity contribution in [3.63, 3.8) is 0 Å². The molecule has 2 amide bonds. The van der Waals surface area contributed by atoms with E-state index in [1.807, 2.05) is 6.92 Å². The van der Waals surface area contributed by atoms with Crippen LogP contribution in [0.4, 0.5) is 5.69 Å². The number of nitrogens with zero attached hydrogens (tertiary/aromatic N) is 2. The van der Waals surface area contributed by atoms with Crippen molar-refractivity contribution in [3.8, 4) is 0 Å². The minimum absolute atomic E-state index is 0.0271. The molecule has 1 unspecified atom stereocenters. The highest BCUT2D eigenvalue weighted by atomic mass is 35.5. The molecule has 1 fully saturated rings. The monoisotopic (exact) mass is 649 g/mol. The first-order chi connectivity index (χ1) is 20.0. The van der Waals surface area contributed by atoms with E-state index in [9.17, 15) is 18.0 Å². The molecule has 1 aliphatic rings. The van der Waals surface area contributed by atoms with Crippen molar-refractivity contribution < 1.29 is 18.0 Å². The zero-order valence-corrected chi connectivity index (χ0v) is 26.6. The highest BCUT2D eigenvalue weighted by molar-refractivity contribution is 7.92. The molecule has 11 heteroatoms. The normalized spacial score (nSPS) is 14.4. The Bertz CT molecular complexity index is 1530.